The standard InChI is InChI=1S/C18H13F2NO2.C17H11F2NO2.C16H9F2NO2/c1-2-3-4-12-5-7-13(8-6-12)18(22)23-14-9-16(19)15(11-21)17(20)10-14;1-2-3-11-4-6-12(7-5-11)17(21)22-13-8-15(18)14(10-20)16(19)9-13;1-2-10-3-5-11(6-4-10)16(20)21-12-7-14(17)13(9-19)15(18)8-12/h2,5-10H,1,3-4H2;2-9H,1H3;2-8H,1H2/b;3-2+;. The van der Waals surface area contributed by atoms with E-state index in [9.17, 15) is 40.7 Å². The maximum Gasteiger partial charge on any atom is 0.343 e. The topological polar surface area (TPSA) is 150 Å². The average molecular weight is 898 g/mol. The van der Waals surface area contributed by atoms with Gasteiger partial charge < -0.3 is 14.2 Å². The van der Waals surface area contributed by atoms with E-state index in [1.807, 2.05) is 19.1 Å². The van der Waals surface area contributed by atoms with Crippen molar-refractivity contribution in [1.29, 1.82) is 15.8 Å². The minimum absolute atomic E-state index is 0.228. The molecule has 0 N–H and O–H groups in total. The van der Waals surface area contributed by atoms with Crippen molar-refractivity contribution in [2.24, 2.45) is 0 Å². The SMILES string of the molecule is C/C=C/c1ccc(C(=O)Oc2cc(F)c(C#N)c(F)c2)cc1.C=CCCc1ccc(C(=O)Oc2cc(F)c(C#N)c(F)c2)cc1.C=Cc1ccc(C(=O)Oc2cc(F)c(C#N)c(F)c2)cc1. The molecule has 0 heterocycles. The fourth-order valence-electron chi connectivity index (χ4n) is 5.40. The van der Waals surface area contributed by atoms with Gasteiger partial charge in [0.1, 0.15) is 87.0 Å². The van der Waals surface area contributed by atoms with Gasteiger partial charge in [-0.2, -0.15) is 15.8 Å². The first-order valence-corrected chi connectivity index (χ1v) is 19.1. The van der Waals surface area contributed by atoms with E-state index in [0.29, 0.717) is 0 Å². The number of carbonyl (C=O) groups excluding carboxylic acids is 3. The Morgan fingerprint density at radius 1 is 0.515 bits per heavy atom. The molecule has 0 radical (unpaired) electrons. The van der Waals surface area contributed by atoms with Crippen LogP contribution in [0.5, 0.6) is 17.2 Å². The van der Waals surface area contributed by atoms with Gasteiger partial charge in [-0.25, -0.2) is 40.7 Å². The summed E-state index contributed by atoms with van der Waals surface area (Å²) in [5.74, 6) is -9.58. The summed E-state index contributed by atoms with van der Waals surface area (Å²) in [6.45, 7) is 9.09. The van der Waals surface area contributed by atoms with Gasteiger partial charge in [0.25, 0.3) is 0 Å². The lowest BCUT2D eigenvalue weighted by Crippen LogP contribution is -2.09. The van der Waals surface area contributed by atoms with Crippen molar-refractivity contribution in [3.8, 4) is 35.5 Å². The highest BCUT2D eigenvalue weighted by molar-refractivity contribution is 5.92. The van der Waals surface area contributed by atoms with Crippen LogP contribution in [0, 0.1) is 68.9 Å². The molecule has 330 valence electrons. The van der Waals surface area contributed by atoms with Gasteiger partial charge in [-0.1, -0.05) is 67.3 Å². The smallest absolute Gasteiger partial charge is 0.343 e. The predicted molar refractivity (Wildman–Crippen MR) is 231 cm³/mol. The van der Waals surface area contributed by atoms with E-state index in [1.54, 1.807) is 72.8 Å². The second-order valence-corrected chi connectivity index (χ2v) is 13.3. The molecular weight excluding hydrogens is 865 g/mol. The van der Waals surface area contributed by atoms with Gasteiger partial charge in [-0.3, -0.25) is 0 Å². The second-order valence-electron chi connectivity index (χ2n) is 13.3. The van der Waals surface area contributed by atoms with Gasteiger partial charge in [0.15, 0.2) is 0 Å². The Kier molecular flexibility index (Phi) is 18.1. The quantitative estimate of drug-likeness (QED) is 0.0536. The molecule has 66 heavy (non-hydrogen) atoms. The molecule has 0 aliphatic carbocycles. The lowest BCUT2D eigenvalue weighted by Gasteiger charge is -2.06. The molecule has 9 nitrogen and oxygen atoms in total. The molecule has 6 aromatic carbocycles. The number of rotatable bonds is 11. The van der Waals surface area contributed by atoms with Crippen LogP contribution in [0.15, 0.2) is 135 Å². The molecule has 0 fully saturated rings. The van der Waals surface area contributed by atoms with E-state index in [1.165, 1.54) is 30.3 Å². The summed E-state index contributed by atoms with van der Waals surface area (Å²) in [6.07, 6.45) is 8.77. The monoisotopic (exact) mass is 897 g/mol. The number of ether oxygens (including phenoxy) is 3. The first-order valence-electron chi connectivity index (χ1n) is 19.1. The average Bonchev–Trinajstić information content (AvgIpc) is 3.29. The molecule has 0 saturated heterocycles. The van der Waals surface area contributed by atoms with E-state index in [-0.39, 0.29) is 33.9 Å². The maximum atomic E-state index is 13.5. The summed E-state index contributed by atoms with van der Waals surface area (Å²) >= 11 is 0. The fourth-order valence-corrected chi connectivity index (χ4v) is 5.40. The number of aryl methyl sites for hydroxylation is 1. The predicted octanol–water partition coefficient (Wildman–Crippen LogP) is 12.0. The summed E-state index contributed by atoms with van der Waals surface area (Å²) in [5.41, 5.74) is 1.37. The summed E-state index contributed by atoms with van der Waals surface area (Å²) in [5, 5.41) is 25.7. The number of benzene rings is 6. The van der Waals surface area contributed by atoms with Gasteiger partial charge in [0.2, 0.25) is 0 Å². The zero-order valence-corrected chi connectivity index (χ0v) is 34.6. The lowest BCUT2D eigenvalue weighted by atomic mass is 10.1. The van der Waals surface area contributed by atoms with Crippen molar-refractivity contribution in [1.82, 2.24) is 0 Å². The van der Waals surface area contributed by atoms with Crippen LogP contribution in [0.1, 0.15) is 77.8 Å². The Morgan fingerprint density at radius 3 is 1.09 bits per heavy atom. The van der Waals surface area contributed by atoms with Gasteiger partial charge in [-0.05, 0) is 72.9 Å². The molecule has 0 aliphatic heterocycles. The third-order valence-corrected chi connectivity index (χ3v) is 8.73. The number of carbonyl (C=O) groups is 3. The van der Waals surface area contributed by atoms with Crippen LogP contribution in [0.2, 0.25) is 0 Å². The first-order chi connectivity index (χ1) is 31.6. The fraction of sp³-hybridized carbons (Fsp3) is 0.0588. The summed E-state index contributed by atoms with van der Waals surface area (Å²) in [4.78, 5) is 35.7. The molecule has 0 aliphatic rings. The molecule has 0 spiro atoms. The van der Waals surface area contributed by atoms with E-state index < -0.39 is 69.5 Å². The molecule has 6 rings (SSSR count). The van der Waals surface area contributed by atoms with E-state index in [2.05, 4.69) is 13.2 Å². The summed E-state index contributed by atoms with van der Waals surface area (Å²) in [7, 11) is 0. The molecule has 0 amide bonds. The molecule has 6 aromatic rings. The van der Waals surface area contributed by atoms with Crippen LogP contribution in [-0.2, 0) is 6.42 Å². The van der Waals surface area contributed by atoms with Crippen LogP contribution in [0.25, 0.3) is 12.2 Å². The zero-order chi connectivity index (χ0) is 48.3. The van der Waals surface area contributed by atoms with Gasteiger partial charge in [0, 0.05) is 36.4 Å². The van der Waals surface area contributed by atoms with Gasteiger partial charge >= 0.3 is 17.9 Å². The van der Waals surface area contributed by atoms with Crippen molar-refractivity contribution in [3.63, 3.8) is 0 Å². The number of halogens is 6. The van der Waals surface area contributed by atoms with E-state index >= 15 is 0 Å². The van der Waals surface area contributed by atoms with Crippen molar-refractivity contribution < 1.29 is 54.9 Å². The first kappa shape index (κ1) is 49.7. The lowest BCUT2D eigenvalue weighted by molar-refractivity contribution is 0.0724. The number of hydrogen-bond acceptors (Lipinski definition) is 9. The third-order valence-electron chi connectivity index (χ3n) is 8.73. The molecule has 0 saturated carbocycles. The maximum absolute atomic E-state index is 13.5. The Hall–Kier alpha value is -9.00. The summed E-state index contributed by atoms with van der Waals surface area (Å²) in [6, 6.07) is 28.6. The Morgan fingerprint density at radius 2 is 0.818 bits per heavy atom. The Balaban J connectivity index is 0.000000217. The largest absolute Gasteiger partial charge is 0.423 e. The molecular formula is C51H33F6N3O6. The van der Waals surface area contributed by atoms with Crippen molar-refractivity contribution in [2.75, 3.05) is 0 Å². The minimum Gasteiger partial charge on any atom is -0.423 e. The number of nitrogens with zero attached hydrogens (tertiary/aromatic N) is 3. The normalized spacial score (nSPS) is 10.1. The number of allylic oxidation sites excluding steroid dienone is 2. The highest BCUT2D eigenvalue weighted by Crippen LogP contribution is 2.24. The molecule has 0 unspecified atom stereocenters. The highest BCUT2D eigenvalue weighted by Gasteiger charge is 2.18. The van der Waals surface area contributed by atoms with Crippen LogP contribution in [0.3, 0.4) is 0 Å². The van der Waals surface area contributed by atoms with E-state index in [0.717, 1.165) is 65.9 Å². The van der Waals surface area contributed by atoms with Crippen LogP contribution < -0.4 is 14.2 Å². The molecule has 15 heteroatoms. The van der Waals surface area contributed by atoms with Crippen LogP contribution in [0.4, 0.5) is 26.3 Å². The molecule has 0 atom stereocenters. The molecule has 0 bridgehead atoms. The number of nitriles is 3. The molecule has 0 aromatic heterocycles. The van der Waals surface area contributed by atoms with Crippen LogP contribution >= 0.6 is 0 Å². The van der Waals surface area contributed by atoms with Crippen molar-refractivity contribution in [2.45, 2.75) is 19.8 Å². The number of esters is 3. The second kappa shape index (κ2) is 24.0. The number of hydrogen-bond donors (Lipinski definition) is 0. The minimum atomic E-state index is -1.08. The Bertz CT molecular complexity index is 2860. The highest BCUT2D eigenvalue weighted by atomic mass is 19.2. The van der Waals surface area contributed by atoms with Crippen molar-refractivity contribution in [3.05, 3.63) is 219 Å². The van der Waals surface area contributed by atoms with E-state index in [4.69, 9.17) is 30.0 Å². The zero-order valence-electron chi connectivity index (χ0n) is 34.6. The van der Waals surface area contributed by atoms with Gasteiger partial charge in [0.05, 0.1) is 16.7 Å². The van der Waals surface area contributed by atoms with Crippen LogP contribution in [-0.4, -0.2) is 17.9 Å². The van der Waals surface area contributed by atoms with Crippen molar-refractivity contribution >= 4 is 30.1 Å². The Labute approximate surface area is 374 Å². The van der Waals surface area contributed by atoms with Gasteiger partial charge in [-0.15, -0.1) is 6.58 Å². The third kappa shape index (κ3) is 13.8. The summed E-state index contributed by atoms with van der Waals surface area (Å²) < 4.78 is 95.4.